The van der Waals surface area contributed by atoms with Crippen LogP contribution in [-0.4, -0.2) is 12.0 Å². The van der Waals surface area contributed by atoms with Crippen LogP contribution >= 0.6 is 15.9 Å². The first-order valence-corrected chi connectivity index (χ1v) is 6.97. The second-order valence-electron chi connectivity index (χ2n) is 4.39. The van der Waals surface area contributed by atoms with E-state index in [-0.39, 0.29) is 0 Å². The third-order valence-electron chi connectivity index (χ3n) is 3.07. The Morgan fingerprint density at radius 2 is 2.05 bits per heavy atom. The number of nitrogens with one attached hydrogen (secondary N) is 1. The zero-order valence-corrected chi connectivity index (χ0v) is 12.9. The van der Waals surface area contributed by atoms with Gasteiger partial charge in [-0.05, 0) is 66.7 Å². The Morgan fingerprint density at radius 1 is 1.26 bits per heavy atom. The van der Waals surface area contributed by atoms with Crippen molar-refractivity contribution in [1.29, 1.82) is 0 Å². The van der Waals surface area contributed by atoms with E-state index < -0.39 is 0 Å². The Balaban J connectivity index is 2.25. The summed E-state index contributed by atoms with van der Waals surface area (Å²) in [4.78, 5) is 4.21. The molecule has 3 nitrogen and oxygen atoms in total. The summed E-state index contributed by atoms with van der Waals surface area (Å²) in [6.45, 7) is 4.05. The number of benzene rings is 1. The van der Waals surface area contributed by atoms with Crippen molar-refractivity contribution >= 4 is 15.9 Å². The van der Waals surface area contributed by atoms with Crippen molar-refractivity contribution in [3.63, 3.8) is 0 Å². The van der Waals surface area contributed by atoms with E-state index >= 15 is 0 Å². The summed E-state index contributed by atoms with van der Waals surface area (Å²) in [5.74, 6) is 1.57. The minimum absolute atomic E-state index is 0.311. The summed E-state index contributed by atoms with van der Waals surface area (Å²) in [5.41, 5.74) is 2.09. The van der Waals surface area contributed by atoms with Crippen molar-refractivity contribution in [1.82, 2.24) is 10.3 Å². The van der Waals surface area contributed by atoms with Gasteiger partial charge in [0.05, 0.1) is 10.2 Å². The lowest BCUT2D eigenvalue weighted by Crippen LogP contribution is -2.12. The van der Waals surface area contributed by atoms with Gasteiger partial charge in [-0.25, -0.2) is 0 Å². The average molecular weight is 321 g/mol. The standard InChI is InChI=1S/C15H17BrN2O/c1-10(17-3)12-6-7-15(13(16)9-12)19-14-5-4-8-18-11(14)2/h4-10,17H,1-3H3. The van der Waals surface area contributed by atoms with Crippen LogP contribution in [0.1, 0.15) is 24.2 Å². The molecule has 0 aliphatic heterocycles. The highest BCUT2D eigenvalue weighted by Gasteiger charge is 2.09. The van der Waals surface area contributed by atoms with Crippen LogP contribution in [0.3, 0.4) is 0 Å². The Kier molecular flexibility index (Phi) is 4.56. The molecule has 1 N–H and O–H groups in total. The Labute approximate surface area is 122 Å². The minimum Gasteiger partial charge on any atom is -0.454 e. The zero-order valence-electron chi connectivity index (χ0n) is 11.3. The fraction of sp³-hybridized carbons (Fsp3) is 0.267. The van der Waals surface area contributed by atoms with Gasteiger partial charge in [0.2, 0.25) is 0 Å². The summed E-state index contributed by atoms with van der Waals surface area (Å²) in [6.07, 6.45) is 1.76. The van der Waals surface area contributed by atoms with Crippen LogP contribution < -0.4 is 10.1 Å². The topological polar surface area (TPSA) is 34.1 Å². The van der Waals surface area contributed by atoms with Gasteiger partial charge in [0.1, 0.15) is 11.5 Å². The molecule has 0 bridgehead atoms. The lowest BCUT2D eigenvalue weighted by molar-refractivity contribution is 0.472. The number of nitrogens with zero attached hydrogens (tertiary/aromatic N) is 1. The first-order valence-electron chi connectivity index (χ1n) is 6.18. The molecule has 0 aliphatic carbocycles. The van der Waals surface area contributed by atoms with Gasteiger partial charge in [-0.3, -0.25) is 4.98 Å². The quantitative estimate of drug-likeness (QED) is 0.915. The molecule has 0 amide bonds. The summed E-state index contributed by atoms with van der Waals surface area (Å²) in [6, 6.07) is 10.2. The van der Waals surface area contributed by atoms with E-state index in [0.717, 1.165) is 21.7 Å². The molecule has 0 saturated carbocycles. The minimum atomic E-state index is 0.311. The number of hydrogen-bond donors (Lipinski definition) is 1. The molecule has 1 aromatic heterocycles. The molecule has 2 aromatic rings. The van der Waals surface area contributed by atoms with Crippen LogP contribution in [0.25, 0.3) is 0 Å². The Hall–Kier alpha value is -1.39. The highest BCUT2D eigenvalue weighted by atomic mass is 79.9. The van der Waals surface area contributed by atoms with Gasteiger partial charge in [-0.15, -0.1) is 0 Å². The molecule has 0 saturated heterocycles. The van der Waals surface area contributed by atoms with Crippen molar-refractivity contribution in [2.75, 3.05) is 7.05 Å². The molecule has 100 valence electrons. The predicted octanol–water partition coefficient (Wildman–Crippen LogP) is 4.23. The molecule has 0 radical (unpaired) electrons. The molecular weight excluding hydrogens is 304 g/mol. The largest absolute Gasteiger partial charge is 0.454 e. The maximum atomic E-state index is 5.88. The number of hydrogen-bond acceptors (Lipinski definition) is 3. The summed E-state index contributed by atoms with van der Waals surface area (Å²) in [5, 5.41) is 3.22. The number of ether oxygens (including phenoxy) is 1. The fourth-order valence-corrected chi connectivity index (χ4v) is 2.21. The maximum Gasteiger partial charge on any atom is 0.148 e. The smallest absolute Gasteiger partial charge is 0.148 e. The van der Waals surface area contributed by atoms with E-state index in [0.29, 0.717) is 6.04 Å². The van der Waals surface area contributed by atoms with Gasteiger partial charge in [-0.1, -0.05) is 6.07 Å². The third-order valence-corrected chi connectivity index (χ3v) is 3.69. The second-order valence-corrected chi connectivity index (χ2v) is 5.24. The summed E-state index contributed by atoms with van der Waals surface area (Å²) < 4.78 is 6.82. The van der Waals surface area contributed by atoms with Crippen LogP contribution in [0.15, 0.2) is 41.0 Å². The highest BCUT2D eigenvalue weighted by Crippen LogP contribution is 2.32. The SMILES string of the molecule is CNC(C)c1ccc(Oc2cccnc2C)c(Br)c1. The van der Waals surface area contributed by atoms with Gasteiger partial charge in [0, 0.05) is 12.2 Å². The number of pyridine rings is 1. The summed E-state index contributed by atoms with van der Waals surface area (Å²) in [7, 11) is 1.95. The molecule has 0 aliphatic rings. The third kappa shape index (κ3) is 3.33. The van der Waals surface area contributed by atoms with Crippen LogP contribution in [-0.2, 0) is 0 Å². The van der Waals surface area contributed by atoms with Gasteiger partial charge < -0.3 is 10.1 Å². The summed E-state index contributed by atoms with van der Waals surface area (Å²) >= 11 is 3.55. The van der Waals surface area contributed by atoms with Gasteiger partial charge in [0.15, 0.2) is 0 Å². The molecule has 1 atom stereocenters. The normalized spacial score (nSPS) is 12.2. The van der Waals surface area contributed by atoms with Crippen LogP contribution in [0.4, 0.5) is 0 Å². The fourth-order valence-electron chi connectivity index (χ4n) is 1.73. The lowest BCUT2D eigenvalue weighted by atomic mass is 10.1. The van der Waals surface area contributed by atoms with Gasteiger partial charge in [-0.2, -0.15) is 0 Å². The van der Waals surface area contributed by atoms with Gasteiger partial charge >= 0.3 is 0 Å². The maximum absolute atomic E-state index is 5.88. The van der Waals surface area contributed by atoms with Crippen LogP contribution in [0, 0.1) is 6.92 Å². The number of aryl methyl sites for hydroxylation is 1. The van der Waals surface area contributed by atoms with Crippen LogP contribution in [0.2, 0.25) is 0 Å². The molecular formula is C15H17BrN2O. The van der Waals surface area contributed by atoms with Crippen molar-refractivity contribution < 1.29 is 4.74 Å². The first kappa shape index (κ1) is 14.0. The first-order chi connectivity index (χ1) is 9.11. The average Bonchev–Trinajstić information content (AvgIpc) is 2.42. The molecule has 4 heteroatoms. The lowest BCUT2D eigenvalue weighted by Gasteiger charge is -2.14. The Morgan fingerprint density at radius 3 is 2.68 bits per heavy atom. The predicted molar refractivity (Wildman–Crippen MR) is 80.7 cm³/mol. The van der Waals surface area contributed by atoms with E-state index in [4.69, 9.17) is 4.74 Å². The molecule has 1 aromatic carbocycles. The molecule has 0 spiro atoms. The van der Waals surface area contributed by atoms with Crippen molar-refractivity contribution in [2.24, 2.45) is 0 Å². The van der Waals surface area contributed by atoms with Gasteiger partial charge in [0.25, 0.3) is 0 Å². The highest BCUT2D eigenvalue weighted by molar-refractivity contribution is 9.10. The monoisotopic (exact) mass is 320 g/mol. The van der Waals surface area contributed by atoms with Crippen LogP contribution in [0.5, 0.6) is 11.5 Å². The number of rotatable bonds is 4. The van der Waals surface area contributed by atoms with Crippen molar-refractivity contribution in [3.8, 4) is 11.5 Å². The van der Waals surface area contributed by atoms with E-state index in [1.807, 2.05) is 32.2 Å². The molecule has 2 rings (SSSR count). The molecule has 1 heterocycles. The van der Waals surface area contributed by atoms with E-state index in [2.05, 4.69) is 45.3 Å². The Bertz CT molecular complexity index is 572. The molecule has 0 fully saturated rings. The number of halogens is 1. The van der Waals surface area contributed by atoms with E-state index in [1.54, 1.807) is 6.20 Å². The van der Waals surface area contributed by atoms with Crippen molar-refractivity contribution in [2.45, 2.75) is 19.9 Å². The molecule has 1 unspecified atom stereocenters. The number of aromatic nitrogens is 1. The van der Waals surface area contributed by atoms with E-state index in [1.165, 1.54) is 5.56 Å². The van der Waals surface area contributed by atoms with E-state index in [9.17, 15) is 0 Å². The second kappa shape index (κ2) is 6.17. The van der Waals surface area contributed by atoms with Crippen molar-refractivity contribution in [3.05, 3.63) is 52.3 Å². The zero-order chi connectivity index (χ0) is 13.8. The molecule has 19 heavy (non-hydrogen) atoms.